The summed E-state index contributed by atoms with van der Waals surface area (Å²) in [7, 11) is 0. The third-order valence-electron chi connectivity index (χ3n) is 5.86. The van der Waals surface area contributed by atoms with Gasteiger partial charge in [-0.2, -0.15) is 0 Å². The van der Waals surface area contributed by atoms with E-state index in [1.54, 1.807) is 0 Å². The number of anilines is 1. The van der Waals surface area contributed by atoms with Gasteiger partial charge in [0, 0.05) is 51.4 Å². The molecule has 6 heteroatoms. The van der Waals surface area contributed by atoms with Crippen molar-refractivity contribution in [3.63, 3.8) is 0 Å². The van der Waals surface area contributed by atoms with E-state index in [1.807, 2.05) is 41.3 Å². The van der Waals surface area contributed by atoms with Crippen LogP contribution in [0.5, 0.6) is 0 Å². The highest BCUT2D eigenvalue weighted by molar-refractivity contribution is 6.33. The smallest absolute Gasteiger partial charge is 0.253 e. The van der Waals surface area contributed by atoms with Crippen LogP contribution in [-0.4, -0.2) is 67.2 Å². The van der Waals surface area contributed by atoms with E-state index in [4.69, 9.17) is 16.3 Å². The Bertz CT molecular complexity index is 855. The lowest BCUT2D eigenvalue weighted by Crippen LogP contribution is -2.48. The molecule has 0 aliphatic carbocycles. The zero-order valence-corrected chi connectivity index (χ0v) is 18.5. The molecule has 2 aromatic rings. The molecule has 2 unspecified atom stereocenters. The Morgan fingerprint density at radius 1 is 0.967 bits per heavy atom. The van der Waals surface area contributed by atoms with Crippen LogP contribution in [0.1, 0.15) is 29.8 Å². The molecule has 5 nitrogen and oxygen atoms in total. The molecule has 30 heavy (non-hydrogen) atoms. The highest BCUT2D eigenvalue weighted by atomic mass is 35.5. The summed E-state index contributed by atoms with van der Waals surface area (Å²) in [5, 5.41) is 0.761. The van der Waals surface area contributed by atoms with Crippen LogP contribution >= 0.6 is 11.6 Å². The minimum Gasteiger partial charge on any atom is -0.373 e. The Hall–Kier alpha value is -2.08. The molecule has 2 saturated heterocycles. The summed E-state index contributed by atoms with van der Waals surface area (Å²) >= 11 is 6.32. The molecule has 0 radical (unpaired) electrons. The molecule has 2 atom stereocenters. The first-order valence-corrected chi connectivity index (χ1v) is 11.1. The molecule has 2 fully saturated rings. The number of morpholine rings is 1. The zero-order valence-electron chi connectivity index (χ0n) is 17.8. The molecule has 2 aliphatic rings. The van der Waals surface area contributed by atoms with Gasteiger partial charge in [0.15, 0.2) is 0 Å². The number of piperazine rings is 1. The van der Waals surface area contributed by atoms with E-state index in [9.17, 15) is 4.79 Å². The van der Waals surface area contributed by atoms with Crippen molar-refractivity contribution in [2.75, 3.05) is 44.2 Å². The van der Waals surface area contributed by atoms with Gasteiger partial charge in [-0.05, 0) is 43.7 Å². The molecule has 2 heterocycles. The summed E-state index contributed by atoms with van der Waals surface area (Å²) in [5.41, 5.74) is 3.03. The lowest BCUT2D eigenvalue weighted by molar-refractivity contribution is -0.0704. The first-order valence-electron chi connectivity index (χ1n) is 10.7. The Kier molecular flexibility index (Phi) is 6.61. The van der Waals surface area contributed by atoms with Crippen molar-refractivity contribution >= 4 is 23.2 Å². The molecular formula is C24H30ClN3O2. The monoisotopic (exact) mass is 427 g/mol. The maximum atomic E-state index is 13.0. The Morgan fingerprint density at radius 2 is 1.60 bits per heavy atom. The molecule has 0 spiro atoms. The number of carbonyl (C=O) groups excluding carboxylic acids is 1. The predicted octanol–water partition coefficient (Wildman–Crippen LogP) is 3.91. The molecule has 0 bridgehead atoms. The van der Waals surface area contributed by atoms with Crippen LogP contribution in [0, 0.1) is 0 Å². The van der Waals surface area contributed by atoms with E-state index in [0.29, 0.717) is 13.1 Å². The third-order valence-corrected chi connectivity index (χ3v) is 6.18. The van der Waals surface area contributed by atoms with E-state index < -0.39 is 0 Å². The van der Waals surface area contributed by atoms with Crippen LogP contribution in [0.4, 0.5) is 5.69 Å². The van der Waals surface area contributed by atoms with Gasteiger partial charge in [-0.25, -0.2) is 0 Å². The van der Waals surface area contributed by atoms with Crippen molar-refractivity contribution in [2.24, 2.45) is 0 Å². The second kappa shape index (κ2) is 9.38. The summed E-state index contributed by atoms with van der Waals surface area (Å²) in [6.07, 6.45) is 0.526. The van der Waals surface area contributed by atoms with E-state index in [0.717, 1.165) is 49.0 Å². The number of hydrogen-bond acceptors (Lipinski definition) is 4. The number of rotatable bonds is 4. The van der Waals surface area contributed by atoms with Gasteiger partial charge < -0.3 is 14.5 Å². The van der Waals surface area contributed by atoms with Crippen molar-refractivity contribution in [1.29, 1.82) is 0 Å². The molecule has 2 aromatic carbocycles. The standard InChI is InChI=1S/C24H30ClN3O2/c1-18-15-26(16-19(2)30-18)17-20-7-9-21(10-8-20)24(29)28-13-11-27(12-14-28)23-6-4-3-5-22(23)25/h3-10,18-19H,11-17H2,1-2H3. The van der Waals surface area contributed by atoms with Crippen LogP contribution in [0.15, 0.2) is 48.5 Å². The maximum Gasteiger partial charge on any atom is 0.253 e. The summed E-state index contributed by atoms with van der Waals surface area (Å²) in [6.45, 7) is 10.0. The Labute approximate surface area is 184 Å². The normalized spacial score (nSPS) is 22.9. The van der Waals surface area contributed by atoms with Crippen molar-refractivity contribution in [2.45, 2.75) is 32.6 Å². The van der Waals surface area contributed by atoms with Crippen LogP contribution in [-0.2, 0) is 11.3 Å². The van der Waals surface area contributed by atoms with Gasteiger partial charge in [-0.15, -0.1) is 0 Å². The minimum atomic E-state index is 0.106. The average molecular weight is 428 g/mol. The van der Waals surface area contributed by atoms with E-state index in [1.165, 1.54) is 5.56 Å². The fourth-order valence-electron chi connectivity index (χ4n) is 4.47. The van der Waals surface area contributed by atoms with E-state index >= 15 is 0 Å². The van der Waals surface area contributed by atoms with Crippen LogP contribution in [0.3, 0.4) is 0 Å². The molecule has 0 N–H and O–H groups in total. The number of benzene rings is 2. The second-order valence-electron chi connectivity index (χ2n) is 8.38. The second-order valence-corrected chi connectivity index (χ2v) is 8.79. The minimum absolute atomic E-state index is 0.106. The quantitative estimate of drug-likeness (QED) is 0.741. The number of para-hydroxylation sites is 1. The van der Waals surface area contributed by atoms with E-state index in [-0.39, 0.29) is 18.1 Å². The lowest BCUT2D eigenvalue weighted by atomic mass is 10.1. The van der Waals surface area contributed by atoms with Gasteiger partial charge in [-0.3, -0.25) is 9.69 Å². The van der Waals surface area contributed by atoms with Gasteiger partial charge in [-0.1, -0.05) is 35.9 Å². The number of ether oxygens (including phenoxy) is 1. The maximum absolute atomic E-state index is 13.0. The molecule has 2 aliphatic heterocycles. The fourth-order valence-corrected chi connectivity index (χ4v) is 4.72. The molecular weight excluding hydrogens is 398 g/mol. The van der Waals surface area contributed by atoms with Crippen molar-refractivity contribution < 1.29 is 9.53 Å². The number of carbonyl (C=O) groups is 1. The molecule has 1 amide bonds. The Balaban J connectivity index is 1.32. The zero-order chi connectivity index (χ0) is 21.1. The predicted molar refractivity (Wildman–Crippen MR) is 121 cm³/mol. The number of amides is 1. The number of nitrogens with zero attached hydrogens (tertiary/aromatic N) is 3. The van der Waals surface area contributed by atoms with Crippen LogP contribution < -0.4 is 4.90 Å². The van der Waals surface area contributed by atoms with E-state index in [2.05, 4.69) is 35.8 Å². The van der Waals surface area contributed by atoms with Crippen molar-refractivity contribution in [3.05, 3.63) is 64.7 Å². The van der Waals surface area contributed by atoms with Crippen LogP contribution in [0.25, 0.3) is 0 Å². The highest BCUT2D eigenvalue weighted by Crippen LogP contribution is 2.26. The highest BCUT2D eigenvalue weighted by Gasteiger charge is 2.24. The average Bonchev–Trinajstić information content (AvgIpc) is 2.74. The van der Waals surface area contributed by atoms with Crippen molar-refractivity contribution in [3.8, 4) is 0 Å². The molecule has 4 rings (SSSR count). The van der Waals surface area contributed by atoms with Crippen molar-refractivity contribution in [1.82, 2.24) is 9.80 Å². The van der Waals surface area contributed by atoms with Gasteiger partial charge in [0.1, 0.15) is 0 Å². The van der Waals surface area contributed by atoms with Gasteiger partial charge in [0.05, 0.1) is 22.9 Å². The topological polar surface area (TPSA) is 36.0 Å². The largest absolute Gasteiger partial charge is 0.373 e. The molecule has 0 saturated carbocycles. The molecule has 0 aromatic heterocycles. The Morgan fingerprint density at radius 3 is 2.23 bits per heavy atom. The number of hydrogen-bond donors (Lipinski definition) is 0. The van der Waals surface area contributed by atoms with Crippen LogP contribution in [0.2, 0.25) is 5.02 Å². The first kappa shape index (κ1) is 21.2. The first-order chi connectivity index (χ1) is 14.5. The summed E-state index contributed by atoms with van der Waals surface area (Å²) in [4.78, 5) is 19.6. The summed E-state index contributed by atoms with van der Waals surface area (Å²) in [5.74, 6) is 0.106. The lowest BCUT2D eigenvalue weighted by Gasteiger charge is -2.36. The SMILES string of the molecule is CC1CN(Cc2ccc(C(=O)N3CCN(c4ccccc4Cl)CC3)cc2)CC(C)O1. The number of halogens is 1. The fraction of sp³-hybridized carbons (Fsp3) is 0.458. The van der Waals surface area contributed by atoms with Gasteiger partial charge in [0.2, 0.25) is 0 Å². The summed E-state index contributed by atoms with van der Waals surface area (Å²) in [6, 6.07) is 16.0. The third kappa shape index (κ3) is 4.97. The van der Waals surface area contributed by atoms with Gasteiger partial charge >= 0.3 is 0 Å². The van der Waals surface area contributed by atoms with Gasteiger partial charge in [0.25, 0.3) is 5.91 Å². The summed E-state index contributed by atoms with van der Waals surface area (Å²) < 4.78 is 5.81. The molecule has 160 valence electrons.